The van der Waals surface area contributed by atoms with Gasteiger partial charge < -0.3 is 25.3 Å². The van der Waals surface area contributed by atoms with Gasteiger partial charge in [-0.2, -0.15) is 0 Å². The van der Waals surface area contributed by atoms with Crippen LogP contribution < -0.4 is 0 Å². The Kier molecular flexibility index (Phi) is 6.37. The Bertz CT molecular complexity index is 1590. The second kappa shape index (κ2) is 9.65. The Balaban J connectivity index is 1.43. The highest BCUT2D eigenvalue weighted by molar-refractivity contribution is 5.80. The van der Waals surface area contributed by atoms with Crippen molar-refractivity contribution in [2.24, 2.45) is 0 Å². The van der Waals surface area contributed by atoms with Gasteiger partial charge in [0, 0.05) is 24.3 Å². The standard InChI is InChI=1S/C29H26FN3O4/c1-29(37,21-4-2-3-17(13-21)5-10-26(34)35)25-16-32-28(33-25)22-15-20(6-8-23(22)30)27(36)19-7-9-24-18(14-19)11-12-31-24/h2-4,6-9,11-16,27,31,36-37H,5,10H2,1H3,(H,32,33)(H,34,35). The lowest BCUT2D eigenvalue weighted by Crippen LogP contribution is -2.23. The maximum atomic E-state index is 14.9. The summed E-state index contributed by atoms with van der Waals surface area (Å²) in [5.41, 5.74) is 2.39. The highest BCUT2D eigenvalue weighted by atomic mass is 19.1. The molecule has 0 aliphatic heterocycles. The molecule has 188 valence electrons. The molecule has 8 heteroatoms. The van der Waals surface area contributed by atoms with Crippen LogP contribution in [-0.4, -0.2) is 36.2 Å². The second-order valence-electron chi connectivity index (χ2n) is 9.27. The number of aliphatic hydroxyl groups is 2. The summed E-state index contributed by atoms with van der Waals surface area (Å²) in [7, 11) is 0. The van der Waals surface area contributed by atoms with Crippen LogP contribution in [0.3, 0.4) is 0 Å². The van der Waals surface area contributed by atoms with Crippen LogP contribution in [0.4, 0.5) is 4.39 Å². The molecular weight excluding hydrogens is 473 g/mol. The van der Waals surface area contributed by atoms with Gasteiger partial charge in [-0.3, -0.25) is 4.79 Å². The summed E-state index contributed by atoms with van der Waals surface area (Å²) in [5, 5.41) is 32.2. The van der Waals surface area contributed by atoms with Crippen molar-refractivity contribution in [1.82, 2.24) is 15.0 Å². The third-order valence-corrected chi connectivity index (χ3v) is 6.65. The average molecular weight is 500 g/mol. The number of halogens is 1. The highest BCUT2D eigenvalue weighted by Crippen LogP contribution is 2.33. The first-order chi connectivity index (χ1) is 17.7. The van der Waals surface area contributed by atoms with Crippen LogP contribution in [0.25, 0.3) is 22.3 Å². The zero-order chi connectivity index (χ0) is 26.2. The van der Waals surface area contributed by atoms with E-state index in [0.29, 0.717) is 23.1 Å². The summed E-state index contributed by atoms with van der Waals surface area (Å²) in [6, 6.07) is 18.9. The van der Waals surface area contributed by atoms with E-state index >= 15 is 0 Å². The van der Waals surface area contributed by atoms with Gasteiger partial charge in [0.25, 0.3) is 0 Å². The van der Waals surface area contributed by atoms with E-state index in [-0.39, 0.29) is 23.5 Å². The zero-order valence-electron chi connectivity index (χ0n) is 20.1. The van der Waals surface area contributed by atoms with Gasteiger partial charge in [-0.15, -0.1) is 0 Å². The molecule has 2 unspecified atom stereocenters. The normalized spacial score (nSPS) is 13.9. The third kappa shape index (κ3) is 4.89. The number of imidazole rings is 1. The number of carboxylic acids is 1. The first-order valence-electron chi connectivity index (χ1n) is 11.9. The number of aryl methyl sites for hydroxylation is 1. The number of hydrogen-bond donors (Lipinski definition) is 5. The third-order valence-electron chi connectivity index (χ3n) is 6.65. The summed E-state index contributed by atoms with van der Waals surface area (Å²) in [4.78, 5) is 21.5. The van der Waals surface area contributed by atoms with Crippen molar-refractivity contribution in [2.75, 3.05) is 0 Å². The van der Waals surface area contributed by atoms with E-state index in [1.807, 2.05) is 30.5 Å². The Labute approximate surface area is 212 Å². The summed E-state index contributed by atoms with van der Waals surface area (Å²) in [6.07, 6.45) is 2.69. The van der Waals surface area contributed by atoms with Crippen LogP contribution in [0.1, 0.15) is 47.4 Å². The monoisotopic (exact) mass is 499 g/mol. The van der Waals surface area contributed by atoms with Crippen molar-refractivity contribution in [3.05, 3.63) is 113 Å². The van der Waals surface area contributed by atoms with Crippen LogP contribution in [0.2, 0.25) is 0 Å². The number of nitrogens with one attached hydrogen (secondary N) is 2. The van der Waals surface area contributed by atoms with Crippen molar-refractivity contribution >= 4 is 16.9 Å². The lowest BCUT2D eigenvalue weighted by atomic mass is 9.91. The van der Waals surface area contributed by atoms with E-state index < -0.39 is 23.5 Å². The van der Waals surface area contributed by atoms with Crippen molar-refractivity contribution in [2.45, 2.75) is 31.5 Å². The Morgan fingerprint density at radius 1 is 1.05 bits per heavy atom. The van der Waals surface area contributed by atoms with Crippen molar-refractivity contribution < 1.29 is 24.5 Å². The maximum absolute atomic E-state index is 14.9. The number of benzene rings is 3. The second-order valence-corrected chi connectivity index (χ2v) is 9.27. The largest absolute Gasteiger partial charge is 0.481 e. The van der Waals surface area contributed by atoms with Gasteiger partial charge in [-0.05, 0) is 71.3 Å². The molecule has 7 nitrogen and oxygen atoms in total. The summed E-state index contributed by atoms with van der Waals surface area (Å²) in [6.45, 7) is 1.58. The topological polar surface area (TPSA) is 122 Å². The maximum Gasteiger partial charge on any atom is 0.303 e. The van der Waals surface area contributed by atoms with E-state index in [4.69, 9.17) is 5.11 Å². The molecule has 2 atom stereocenters. The molecule has 37 heavy (non-hydrogen) atoms. The number of hydrogen-bond acceptors (Lipinski definition) is 4. The lowest BCUT2D eigenvalue weighted by molar-refractivity contribution is -0.136. The molecule has 0 bridgehead atoms. The molecule has 5 N–H and O–H groups in total. The van der Waals surface area contributed by atoms with Crippen molar-refractivity contribution in [1.29, 1.82) is 0 Å². The Hall–Kier alpha value is -4.27. The molecule has 2 aromatic heterocycles. The minimum absolute atomic E-state index is 0.0152. The Morgan fingerprint density at radius 3 is 2.65 bits per heavy atom. The van der Waals surface area contributed by atoms with Crippen LogP contribution >= 0.6 is 0 Å². The molecule has 0 saturated carbocycles. The number of aromatic amines is 2. The summed E-state index contributed by atoms with van der Waals surface area (Å²) in [5.74, 6) is -1.20. The van der Waals surface area contributed by atoms with Crippen LogP contribution in [0, 0.1) is 5.82 Å². The van der Waals surface area contributed by atoms with Gasteiger partial charge in [0.1, 0.15) is 23.3 Å². The van der Waals surface area contributed by atoms with E-state index in [2.05, 4.69) is 15.0 Å². The number of nitrogens with zero attached hydrogens (tertiary/aromatic N) is 1. The fourth-order valence-corrected chi connectivity index (χ4v) is 4.47. The van der Waals surface area contributed by atoms with Crippen LogP contribution in [-0.2, 0) is 16.8 Å². The van der Waals surface area contributed by atoms with E-state index in [0.717, 1.165) is 16.5 Å². The zero-order valence-corrected chi connectivity index (χ0v) is 20.1. The highest BCUT2D eigenvalue weighted by Gasteiger charge is 2.29. The van der Waals surface area contributed by atoms with Gasteiger partial charge >= 0.3 is 5.97 Å². The molecule has 0 aliphatic carbocycles. The summed E-state index contributed by atoms with van der Waals surface area (Å²) < 4.78 is 14.9. The van der Waals surface area contributed by atoms with Crippen molar-refractivity contribution in [3.8, 4) is 11.4 Å². The quantitative estimate of drug-likeness (QED) is 0.204. The molecule has 5 rings (SSSR count). The molecule has 2 heterocycles. The predicted octanol–water partition coefficient (Wildman–Crippen LogP) is 5.05. The van der Waals surface area contributed by atoms with E-state index in [1.54, 1.807) is 37.3 Å². The fraction of sp³-hybridized carbons (Fsp3) is 0.172. The first kappa shape index (κ1) is 24.4. The fourth-order valence-electron chi connectivity index (χ4n) is 4.47. The van der Waals surface area contributed by atoms with Crippen LogP contribution in [0.5, 0.6) is 0 Å². The molecule has 3 aromatic carbocycles. The number of aliphatic carboxylic acids is 1. The minimum atomic E-state index is -1.51. The number of H-pyrrole nitrogens is 2. The van der Waals surface area contributed by atoms with Gasteiger partial charge in [0.05, 0.1) is 11.3 Å². The SMILES string of the molecule is CC(O)(c1cccc(CCC(=O)O)c1)c1c[nH]c(-c2cc(C(O)c3ccc4[nH]ccc4c3)ccc2F)n1. The van der Waals surface area contributed by atoms with E-state index in [9.17, 15) is 19.4 Å². The average Bonchev–Trinajstić information content (AvgIpc) is 3.57. The number of aliphatic hydroxyl groups excluding tert-OH is 1. The summed E-state index contributed by atoms with van der Waals surface area (Å²) >= 11 is 0. The van der Waals surface area contributed by atoms with Gasteiger partial charge in [-0.25, -0.2) is 9.37 Å². The number of fused-ring (bicyclic) bond motifs is 1. The van der Waals surface area contributed by atoms with Crippen LogP contribution in [0.15, 0.2) is 79.1 Å². The Morgan fingerprint density at radius 2 is 1.84 bits per heavy atom. The van der Waals surface area contributed by atoms with Crippen molar-refractivity contribution in [3.63, 3.8) is 0 Å². The van der Waals surface area contributed by atoms with Gasteiger partial charge in [0.15, 0.2) is 0 Å². The minimum Gasteiger partial charge on any atom is -0.481 e. The molecule has 0 aliphatic rings. The predicted molar refractivity (Wildman–Crippen MR) is 137 cm³/mol. The molecule has 0 amide bonds. The van der Waals surface area contributed by atoms with Gasteiger partial charge in [0.2, 0.25) is 0 Å². The molecule has 0 saturated heterocycles. The molecular formula is C29H26FN3O4. The van der Waals surface area contributed by atoms with Gasteiger partial charge in [-0.1, -0.05) is 36.4 Å². The lowest BCUT2D eigenvalue weighted by Gasteiger charge is -2.22. The molecule has 0 fully saturated rings. The number of carboxylic acid groups (broad SMARTS) is 1. The van der Waals surface area contributed by atoms with E-state index in [1.165, 1.54) is 18.3 Å². The first-order valence-corrected chi connectivity index (χ1v) is 11.9. The molecule has 0 radical (unpaired) electrons. The smallest absolute Gasteiger partial charge is 0.303 e. The number of rotatable bonds is 8. The number of aromatic nitrogens is 3. The molecule has 0 spiro atoms. The number of carbonyl (C=O) groups is 1. The molecule has 5 aromatic rings.